The van der Waals surface area contributed by atoms with Crippen LogP contribution in [0.5, 0.6) is 0 Å². The van der Waals surface area contributed by atoms with Crippen molar-refractivity contribution in [1.82, 2.24) is 5.32 Å². The van der Waals surface area contributed by atoms with Crippen LogP contribution in [0.1, 0.15) is 13.8 Å². The molecule has 0 fully saturated rings. The lowest BCUT2D eigenvalue weighted by atomic mass is 10.1. The van der Waals surface area contributed by atoms with E-state index < -0.39 is 24.5 Å². The Bertz CT molecular complexity index is 366. The number of aliphatic hydroxyl groups excluding tert-OH is 1. The van der Waals surface area contributed by atoms with E-state index in [1.54, 1.807) is 6.92 Å². The zero-order chi connectivity index (χ0) is 13.9. The van der Waals surface area contributed by atoms with Gasteiger partial charge in [-0.2, -0.15) is 13.2 Å². The number of allylic oxidation sites excluding steroid dienone is 1. The highest BCUT2D eigenvalue weighted by Crippen LogP contribution is 2.26. The van der Waals surface area contributed by atoms with Crippen LogP contribution in [-0.4, -0.2) is 43.4 Å². The number of aliphatic hydroxyl groups is 1. The summed E-state index contributed by atoms with van der Waals surface area (Å²) in [5.74, 6) is -1.15. The molecule has 1 aliphatic rings. The van der Waals surface area contributed by atoms with Crippen LogP contribution in [0.25, 0.3) is 0 Å². The fraction of sp³-hybridized carbons (Fsp3) is 0.700. The zero-order valence-corrected chi connectivity index (χ0v) is 10.2. The Kier molecular flexibility index (Phi) is 4.71. The summed E-state index contributed by atoms with van der Waals surface area (Å²) >= 11 is 0. The lowest BCUT2D eigenvalue weighted by molar-refractivity contribution is -0.0847. The molecule has 5 nitrogen and oxygen atoms in total. The van der Waals surface area contributed by atoms with Crippen molar-refractivity contribution >= 4 is 5.84 Å². The van der Waals surface area contributed by atoms with Gasteiger partial charge in [0, 0.05) is 19.4 Å². The molecule has 0 aliphatic carbocycles. The molecule has 0 radical (unpaired) electrons. The molecular formula is C10H15F3N2O3. The third-order valence-corrected chi connectivity index (χ3v) is 2.33. The number of nitrogens with one attached hydrogen (secondary N) is 1. The maximum atomic E-state index is 12.5. The van der Waals surface area contributed by atoms with E-state index >= 15 is 0 Å². The monoisotopic (exact) mass is 268 g/mol. The molecule has 0 saturated heterocycles. The SMILES string of the molecule is CCOC(O)C1=C(C)NC(C(F)(F)F)=N[C@H]1OC. The number of rotatable bonds is 4. The summed E-state index contributed by atoms with van der Waals surface area (Å²) in [4.78, 5) is 3.37. The summed E-state index contributed by atoms with van der Waals surface area (Å²) < 4.78 is 47.4. The second-order valence-electron chi connectivity index (χ2n) is 3.58. The summed E-state index contributed by atoms with van der Waals surface area (Å²) in [6, 6.07) is 0. The average Bonchev–Trinajstić information content (AvgIpc) is 2.26. The van der Waals surface area contributed by atoms with E-state index in [1.807, 2.05) is 0 Å². The number of methoxy groups -OCH3 is 1. The van der Waals surface area contributed by atoms with E-state index in [-0.39, 0.29) is 17.9 Å². The number of alkyl halides is 3. The maximum Gasteiger partial charge on any atom is 0.449 e. The van der Waals surface area contributed by atoms with Crippen LogP contribution < -0.4 is 5.32 Å². The third kappa shape index (κ3) is 3.21. The van der Waals surface area contributed by atoms with Gasteiger partial charge in [-0.1, -0.05) is 0 Å². The minimum absolute atomic E-state index is 0.116. The number of ether oxygens (including phenoxy) is 2. The Morgan fingerprint density at radius 1 is 1.50 bits per heavy atom. The van der Waals surface area contributed by atoms with E-state index in [2.05, 4.69) is 10.3 Å². The molecule has 0 aromatic rings. The Labute approximate surface area is 102 Å². The minimum atomic E-state index is -4.60. The van der Waals surface area contributed by atoms with Crippen LogP contribution in [0.2, 0.25) is 0 Å². The van der Waals surface area contributed by atoms with Crippen LogP contribution in [0.3, 0.4) is 0 Å². The van der Waals surface area contributed by atoms with Crippen molar-refractivity contribution in [3.05, 3.63) is 11.3 Å². The predicted octanol–water partition coefficient (Wildman–Crippen LogP) is 1.15. The van der Waals surface area contributed by atoms with E-state index in [0.29, 0.717) is 0 Å². The van der Waals surface area contributed by atoms with E-state index in [0.717, 1.165) is 0 Å². The Morgan fingerprint density at radius 3 is 2.56 bits per heavy atom. The van der Waals surface area contributed by atoms with E-state index in [9.17, 15) is 18.3 Å². The number of aliphatic imine (C=N–C) groups is 1. The molecule has 2 N–H and O–H groups in total. The van der Waals surface area contributed by atoms with Gasteiger partial charge in [-0.15, -0.1) is 0 Å². The summed E-state index contributed by atoms with van der Waals surface area (Å²) in [6.45, 7) is 3.26. The standard InChI is InChI=1S/C10H15F3N2O3/c1-4-18-8(16)6-5(2)14-9(10(11,12)13)15-7(6)17-3/h7-8,16H,4H2,1-3H3,(H,14,15)/t7-,8?/m0/s1. The van der Waals surface area contributed by atoms with Crippen molar-refractivity contribution in [1.29, 1.82) is 0 Å². The van der Waals surface area contributed by atoms with Crippen LogP contribution in [0, 0.1) is 0 Å². The van der Waals surface area contributed by atoms with Gasteiger partial charge in [-0.25, -0.2) is 4.99 Å². The van der Waals surface area contributed by atoms with Gasteiger partial charge >= 0.3 is 6.18 Å². The number of hydrogen-bond donors (Lipinski definition) is 2. The third-order valence-electron chi connectivity index (χ3n) is 2.33. The zero-order valence-electron chi connectivity index (χ0n) is 10.2. The first-order valence-electron chi connectivity index (χ1n) is 5.26. The fourth-order valence-electron chi connectivity index (χ4n) is 1.53. The Balaban J connectivity index is 3.01. The summed E-state index contributed by atoms with van der Waals surface area (Å²) in [6.07, 6.45) is -7.17. The first kappa shape index (κ1) is 14.9. The van der Waals surface area contributed by atoms with E-state index in [1.165, 1.54) is 14.0 Å². The number of nitrogens with zero attached hydrogens (tertiary/aromatic N) is 1. The topological polar surface area (TPSA) is 63.1 Å². The van der Waals surface area contributed by atoms with Gasteiger partial charge in [0.2, 0.25) is 5.84 Å². The van der Waals surface area contributed by atoms with Gasteiger partial charge in [0.05, 0.1) is 5.57 Å². The molecule has 0 aromatic carbocycles. The maximum absolute atomic E-state index is 12.5. The molecule has 0 saturated carbocycles. The van der Waals surface area contributed by atoms with Crippen LogP contribution >= 0.6 is 0 Å². The van der Waals surface area contributed by atoms with Gasteiger partial charge in [0.15, 0.2) is 12.5 Å². The molecule has 1 rings (SSSR count). The van der Waals surface area contributed by atoms with Crippen molar-refractivity contribution < 1.29 is 27.8 Å². The van der Waals surface area contributed by atoms with Gasteiger partial charge in [0.1, 0.15) is 0 Å². The van der Waals surface area contributed by atoms with Crippen molar-refractivity contribution in [2.75, 3.05) is 13.7 Å². The van der Waals surface area contributed by atoms with Crippen LogP contribution in [0.4, 0.5) is 13.2 Å². The van der Waals surface area contributed by atoms with E-state index in [4.69, 9.17) is 9.47 Å². The smallest absolute Gasteiger partial charge is 0.364 e. The molecule has 1 heterocycles. The molecule has 0 bridgehead atoms. The van der Waals surface area contributed by atoms with Crippen molar-refractivity contribution in [3.63, 3.8) is 0 Å². The molecule has 18 heavy (non-hydrogen) atoms. The molecule has 0 amide bonds. The molecule has 8 heteroatoms. The van der Waals surface area contributed by atoms with Crippen molar-refractivity contribution in [2.45, 2.75) is 32.5 Å². The fourth-order valence-corrected chi connectivity index (χ4v) is 1.53. The molecule has 0 aromatic heterocycles. The summed E-state index contributed by atoms with van der Waals surface area (Å²) in [5, 5.41) is 11.8. The van der Waals surface area contributed by atoms with Crippen molar-refractivity contribution in [3.8, 4) is 0 Å². The Morgan fingerprint density at radius 2 is 2.11 bits per heavy atom. The van der Waals surface area contributed by atoms with Gasteiger partial charge < -0.3 is 19.9 Å². The first-order chi connectivity index (χ1) is 8.31. The number of amidine groups is 1. The lowest BCUT2D eigenvalue weighted by Crippen LogP contribution is -2.44. The highest BCUT2D eigenvalue weighted by molar-refractivity contribution is 5.90. The van der Waals surface area contributed by atoms with Gasteiger partial charge in [-0.05, 0) is 13.8 Å². The normalized spacial score (nSPS) is 22.6. The molecular weight excluding hydrogens is 253 g/mol. The average molecular weight is 268 g/mol. The Hall–Kier alpha value is -1.12. The minimum Gasteiger partial charge on any atom is -0.364 e. The lowest BCUT2D eigenvalue weighted by Gasteiger charge is -2.28. The summed E-state index contributed by atoms with van der Waals surface area (Å²) in [5.41, 5.74) is 0.248. The quantitative estimate of drug-likeness (QED) is 0.751. The van der Waals surface area contributed by atoms with Crippen molar-refractivity contribution in [2.24, 2.45) is 4.99 Å². The predicted molar refractivity (Wildman–Crippen MR) is 57.8 cm³/mol. The molecule has 2 atom stereocenters. The molecule has 104 valence electrons. The second-order valence-corrected chi connectivity index (χ2v) is 3.58. The second kappa shape index (κ2) is 5.68. The van der Waals surface area contributed by atoms with Gasteiger partial charge in [-0.3, -0.25) is 0 Å². The van der Waals surface area contributed by atoms with Crippen LogP contribution in [0.15, 0.2) is 16.3 Å². The highest BCUT2D eigenvalue weighted by Gasteiger charge is 2.41. The number of hydrogen-bond acceptors (Lipinski definition) is 5. The van der Waals surface area contributed by atoms with Gasteiger partial charge in [0.25, 0.3) is 0 Å². The number of halogens is 3. The van der Waals surface area contributed by atoms with Crippen LogP contribution in [-0.2, 0) is 9.47 Å². The molecule has 1 aliphatic heterocycles. The largest absolute Gasteiger partial charge is 0.449 e. The molecule has 1 unspecified atom stereocenters. The highest BCUT2D eigenvalue weighted by atomic mass is 19.4. The summed E-state index contributed by atoms with van der Waals surface area (Å²) in [7, 11) is 1.21. The molecule has 0 spiro atoms. The first-order valence-corrected chi connectivity index (χ1v) is 5.26.